The Balaban J connectivity index is 1.90. The summed E-state index contributed by atoms with van der Waals surface area (Å²) in [6, 6.07) is 7.96. The summed E-state index contributed by atoms with van der Waals surface area (Å²) in [5.74, 6) is 1.74. The van der Waals surface area contributed by atoms with Crippen molar-refractivity contribution in [2.45, 2.75) is 25.0 Å². The van der Waals surface area contributed by atoms with Gasteiger partial charge in [-0.05, 0) is 37.1 Å². The standard InChI is InChI=1S/C11H15NO2/c1-13-9-2-4-10(5-3-9)14-11-6-8(12)7-11/h2-5,8,11H,6-7,12H2,1H3. The lowest BCUT2D eigenvalue weighted by Gasteiger charge is -2.32. The van der Waals surface area contributed by atoms with Gasteiger partial charge in [-0.2, -0.15) is 0 Å². The number of benzene rings is 1. The fourth-order valence-corrected chi connectivity index (χ4v) is 1.55. The van der Waals surface area contributed by atoms with Crippen LogP contribution >= 0.6 is 0 Å². The van der Waals surface area contributed by atoms with Crippen molar-refractivity contribution in [3.63, 3.8) is 0 Å². The molecule has 3 heteroatoms. The Morgan fingerprint density at radius 3 is 2.21 bits per heavy atom. The number of hydrogen-bond acceptors (Lipinski definition) is 3. The van der Waals surface area contributed by atoms with Crippen LogP contribution in [-0.4, -0.2) is 19.3 Å². The van der Waals surface area contributed by atoms with Crippen molar-refractivity contribution in [2.75, 3.05) is 7.11 Å². The summed E-state index contributed by atoms with van der Waals surface area (Å²) in [5, 5.41) is 0. The average Bonchev–Trinajstić information content (AvgIpc) is 2.17. The first-order valence-corrected chi connectivity index (χ1v) is 4.84. The molecule has 0 aromatic heterocycles. The zero-order valence-corrected chi connectivity index (χ0v) is 8.27. The van der Waals surface area contributed by atoms with Gasteiger partial charge in [-0.15, -0.1) is 0 Å². The maximum absolute atomic E-state index is 5.68. The molecule has 0 aliphatic heterocycles. The van der Waals surface area contributed by atoms with Gasteiger partial charge in [0.25, 0.3) is 0 Å². The van der Waals surface area contributed by atoms with Gasteiger partial charge in [-0.25, -0.2) is 0 Å². The minimum Gasteiger partial charge on any atom is -0.497 e. The summed E-state index contributed by atoms with van der Waals surface area (Å²) >= 11 is 0. The number of nitrogens with two attached hydrogens (primary N) is 1. The monoisotopic (exact) mass is 193 g/mol. The SMILES string of the molecule is COc1ccc(OC2CC(N)C2)cc1. The van der Waals surface area contributed by atoms with Gasteiger partial charge < -0.3 is 15.2 Å². The van der Waals surface area contributed by atoms with E-state index in [2.05, 4.69) is 0 Å². The van der Waals surface area contributed by atoms with E-state index >= 15 is 0 Å². The molecule has 0 amide bonds. The quantitative estimate of drug-likeness (QED) is 0.792. The second kappa shape index (κ2) is 3.88. The number of rotatable bonds is 3. The topological polar surface area (TPSA) is 44.5 Å². The number of hydrogen-bond donors (Lipinski definition) is 1. The molecule has 1 aliphatic rings. The van der Waals surface area contributed by atoms with Crippen LogP contribution in [0.4, 0.5) is 0 Å². The number of methoxy groups -OCH3 is 1. The van der Waals surface area contributed by atoms with Gasteiger partial charge in [0.05, 0.1) is 7.11 Å². The van der Waals surface area contributed by atoms with E-state index in [0.29, 0.717) is 12.1 Å². The zero-order chi connectivity index (χ0) is 9.97. The summed E-state index contributed by atoms with van der Waals surface area (Å²) in [6.45, 7) is 0. The van der Waals surface area contributed by atoms with Crippen molar-refractivity contribution in [3.8, 4) is 11.5 Å². The molecule has 0 heterocycles. The Bertz CT molecular complexity index is 291. The van der Waals surface area contributed by atoms with Gasteiger partial charge in [0, 0.05) is 6.04 Å². The van der Waals surface area contributed by atoms with E-state index in [1.54, 1.807) is 7.11 Å². The van der Waals surface area contributed by atoms with Gasteiger partial charge in [-0.3, -0.25) is 0 Å². The van der Waals surface area contributed by atoms with E-state index < -0.39 is 0 Å². The van der Waals surface area contributed by atoms with Gasteiger partial charge in [0.15, 0.2) is 0 Å². The molecule has 0 atom stereocenters. The van der Waals surface area contributed by atoms with Crippen molar-refractivity contribution >= 4 is 0 Å². The third-order valence-electron chi connectivity index (χ3n) is 2.49. The molecule has 0 saturated heterocycles. The van der Waals surface area contributed by atoms with Crippen LogP contribution in [0.5, 0.6) is 11.5 Å². The van der Waals surface area contributed by atoms with Crippen LogP contribution in [0.25, 0.3) is 0 Å². The zero-order valence-electron chi connectivity index (χ0n) is 8.27. The largest absolute Gasteiger partial charge is 0.497 e. The van der Waals surface area contributed by atoms with Crippen molar-refractivity contribution in [1.29, 1.82) is 0 Å². The van der Waals surface area contributed by atoms with Crippen LogP contribution in [0.3, 0.4) is 0 Å². The molecule has 14 heavy (non-hydrogen) atoms. The molecule has 1 fully saturated rings. The molecule has 76 valence electrons. The fourth-order valence-electron chi connectivity index (χ4n) is 1.55. The molecule has 0 radical (unpaired) electrons. The lowest BCUT2D eigenvalue weighted by atomic mass is 9.90. The Labute approximate surface area is 83.8 Å². The first-order valence-electron chi connectivity index (χ1n) is 4.84. The maximum Gasteiger partial charge on any atom is 0.119 e. The lowest BCUT2D eigenvalue weighted by molar-refractivity contribution is 0.101. The Morgan fingerprint density at radius 1 is 1.14 bits per heavy atom. The molecular weight excluding hydrogens is 178 g/mol. The van der Waals surface area contributed by atoms with Gasteiger partial charge in [0.2, 0.25) is 0 Å². The normalized spacial score (nSPS) is 25.3. The summed E-state index contributed by atoms with van der Waals surface area (Å²) < 4.78 is 10.7. The Morgan fingerprint density at radius 2 is 1.71 bits per heavy atom. The fraction of sp³-hybridized carbons (Fsp3) is 0.455. The molecule has 1 aromatic rings. The van der Waals surface area contributed by atoms with Crippen LogP contribution < -0.4 is 15.2 Å². The van der Waals surface area contributed by atoms with E-state index in [-0.39, 0.29) is 0 Å². The van der Waals surface area contributed by atoms with Crippen LogP contribution in [0.2, 0.25) is 0 Å². The van der Waals surface area contributed by atoms with Gasteiger partial charge in [-0.1, -0.05) is 0 Å². The van der Waals surface area contributed by atoms with Gasteiger partial charge in [0.1, 0.15) is 17.6 Å². The average molecular weight is 193 g/mol. The summed E-state index contributed by atoms with van der Waals surface area (Å²) in [5.41, 5.74) is 5.67. The summed E-state index contributed by atoms with van der Waals surface area (Å²) in [4.78, 5) is 0. The maximum atomic E-state index is 5.68. The van der Waals surface area contributed by atoms with E-state index in [0.717, 1.165) is 24.3 Å². The molecule has 3 nitrogen and oxygen atoms in total. The molecule has 2 N–H and O–H groups in total. The summed E-state index contributed by atoms with van der Waals surface area (Å²) in [7, 11) is 1.65. The highest BCUT2D eigenvalue weighted by Gasteiger charge is 2.27. The molecule has 1 aliphatic carbocycles. The number of ether oxygens (including phenoxy) is 2. The van der Waals surface area contributed by atoms with Crippen molar-refractivity contribution in [3.05, 3.63) is 24.3 Å². The Hall–Kier alpha value is -1.22. The predicted octanol–water partition coefficient (Wildman–Crippen LogP) is 1.56. The van der Waals surface area contributed by atoms with Crippen molar-refractivity contribution < 1.29 is 9.47 Å². The van der Waals surface area contributed by atoms with E-state index in [4.69, 9.17) is 15.2 Å². The first kappa shape index (κ1) is 9.34. The second-order valence-electron chi connectivity index (χ2n) is 3.65. The molecule has 1 saturated carbocycles. The van der Waals surface area contributed by atoms with Crippen LogP contribution in [0, 0.1) is 0 Å². The molecule has 0 bridgehead atoms. The van der Waals surface area contributed by atoms with Crippen LogP contribution in [0.15, 0.2) is 24.3 Å². The molecule has 0 spiro atoms. The van der Waals surface area contributed by atoms with E-state index in [1.165, 1.54) is 0 Å². The Kier molecular flexibility index (Phi) is 2.59. The van der Waals surface area contributed by atoms with Crippen LogP contribution in [0.1, 0.15) is 12.8 Å². The lowest BCUT2D eigenvalue weighted by Crippen LogP contribution is -2.43. The third kappa shape index (κ3) is 1.99. The highest BCUT2D eigenvalue weighted by molar-refractivity contribution is 5.31. The second-order valence-corrected chi connectivity index (χ2v) is 3.65. The smallest absolute Gasteiger partial charge is 0.119 e. The third-order valence-corrected chi connectivity index (χ3v) is 2.49. The highest BCUT2D eigenvalue weighted by atomic mass is 16.5. The molecular formula is C11H15NO2. The minimum absolute atomic E-state index is 0.304. The van der Waals surface area contributed by atoms with Crippen LogP contribution in [-0.2, 0) is 0 Å². The molecule has 0 unspecified atom stereocenters. The summed E-state index contributed by atoms with van der Waals surface area (Å²) in [6.07, 6.45) is 2.23. The highest BCUT2D eigenvalue weighted by Crippen LogP contribution is 2.25. The molecule has 2 rings (SSSR count). The predicted molar refractivity (Wildman–Crippen MR) is 54.6 cm³/mol. The minimum atomic E-state index is 0.304. The van der Waals surface area contributed by atoms with Gasteiger partial charge >= 0.3 is 0 Å². The molecule has 1 aromatic carbocycles. The van der Waals surface area contributed by atoms with E-state index in [9.17, 15) is 0 Å². The van der Waals surface area contributed by atoms with Crippen molar-refractivity contribution in [1.82, 2.24) is 0 Å². The van der Waals surface area contributed by atoms with E-state index in [1.807, 2.05) is 24.3 Å². The van der Waals surface area contributed by atoms with Crippen molar-refractivity contribution in [2.24, 2.45) is 5.73 Å². The first-order chi connectivity index (χ1) is 6.78.